The van der Waals surface area contributed by atoms with Gasteiger partial charge in [-0.25, -0.2) is 15.0 Å². The molecule has 3 aromatic heterocycles. The normalized spacial score (nSPS) is 14.9. The zero-order chi connectivity index (χ0) is 26.2. The first-order valence-electron chi connectivity index (χ1n) is 13.0. The third-order valence-corrected chi connectivity index (χ3v) is 7.04. The lowest BCUT2D eigenvalue weighted by atomic mass is 10.1. The highest BCUT2D eigenvalue weighted by Gasteiger charge is 2.21. The molecule has 9 nitrogen and oxygen atoms in total. The molecule has 194 valence electrons. The number of hydrogen-bond donors (Lipinski definition) is 3. The van der Waals surface area contributed by atoms with E-state index in [1.165, 1.54) is 0 Å². The lowest BCUT2D eigenvalue weighted by molar-refractivity contribution is 0.122. The second-order valence-electron chi connectivity index (χ2n) is 10.00. The number of para-hydroxylation sites is 1. The molecule has 2 aromatic carbocycles. The zero-order valence-corrected chi connectivity index (χ0v) is 21.8. The van der Waals surface area contributed by atoms with Gasteiger partial charge in [0.15, 0.2) is 0 Å². The number of anilines is 2. The van der Waals surface area contributed by atoms with Gasteiger partial charge in [0.2, 0.25) is 0 Å². The first-order chi connectivity index (χ1) is 18.5. The monoisotopic (exact) mass is 509 g/mol. The molecule has 38 heavy (non-hydrogen) atoms. The molecule has 0 saturated carbocycles. The summed E-state index contributed by atoms with van der Waals surface area (Å²) < 4.78 is 5.50. The summed E-state index contributed by atoms with van der Waals surface area (Å²) in [6.45, 7) is 9.36. The number of rotatable bonds is 6. The molecule has 0 spiro atoms. The minimum absolute atomic E-state index is 0.220. The fourth-order valence-electron chi connectivity index (χ4n) is 4.95. The number of fused-ring (bicyclic) bond motifs is 2. The van der Waals surface area contributed by atoms with Crippen LogP contribution in [0.2, 0.25) is 0 Å². The first kappa shape index (κ1) is 24.1. The highest BCUT2D eigenvalue weighted by molar-refractivity contribution is 5.99. The Morgan fingerprint density at radius 1 is 0.974 bits per heavy atom. The fraction of sp³-hybridized carbons (Fsp3) is 0.310. The van der Waals surface area contributed by atoms with Crippen LogP contribution >= 0.6 is 0 Å². The summed E-state index contributed by atoms with van der Waals surface area (Å²) in [7, 11) is 0. The van der Waals surface area contributed by atoms with Crippen molar-refractivity contribution < 1.29 is 4.74 Å². The van der Waals surface area contributed by atoms with E-state index < -0.39 is 0 Å². The third kappa shape index (κ3) is 4.50. The van der Waals surface area contributed by atoms with Crippen LogP contribution in [-0.4, -0.2) is 51.2 Å². The van der Waals surface area contributed by atoms with Gasteiger partial charge in [-0.3, -0.25) is 4.79 Å². The first-order valence-corrected chi connectivity index (χ1v) is 13.0. The minimum Gasteiger partial charge on any atom is -0.378 e. The van der Waals surface area contributed by atoms with Crippen LogP contribution in [0.25, 0.3) is 33.3 Å². The number of aromatic nitrogens is 5. The van der Waals surface area contributed by atoms with Crippen LogP contribution in [-0.2, 0) is 4.74 Å². The Morgan fingerprint density at radius 2 is 1.79 bits per heavy atom. The summed E-state index contributed by atoms with van der Waals surface area (Å²) in [6, 6.07) is 15.6. The number of imidazole rings is 1. The van der Waals surface area contributed by atoms with Gasteiger partial charge >= 0.3 is 0 Å². The number of hydrogen-bond acceptors (Lipinski definition) is 7. The number of aromatic amines is 2. The van der Waals surface area contributed by atoms with E-state index in [-0.39, 0.29) is 17.5 Å². The van der Waals surface area contributed by atoms with Gasteiger partial charge in [-0.15, -0.1) is 0 Å². The predicted octanol–water partition coefficient (Wildman–Crippen LogP) is 4.99. The van der Waals surface area contributed by atoms with Gasteiger partial charge < -0.3 is 24.9 Å². The van der Waals surface area contributed by atoms with Crippen LogP contribution in [0.4, 0.5) is 11.4 Å². The molecular weight excluding hydrogens is 478 g/mol. The fourth-order valence-corrected chi connectivity index (χ4v) is 4.95. The Bertz CT molecular complexity index is 1670. The van der Waals surface area contributed by atoms with E-state index in [1.54, 1.807) is 6.20 Å². The molecule has 3 N–H and O–H groups in total. The van der Waals surface area contributed by atoms with Crippen molar-refractivity contribution in [1.29, 1.82) is 0 Å². The van der Waals surface area contributed by atoms with E-state index in [4.69, 9.17) is 14.7 Å². The highest BCUT2D eigenvalue weighted by atomic mass is 16.5. The molecule has 1 aliphatic rings. The van der Waals surface area contributed by atoms with Gasteiger partial charge in [0, 0.05) is 36.1 Å². The summed E-state index contributed by atoms with van der Waals surface area (Å²) in [6.07, 6.45) is 1.79. The molecule has 1 fully saturated rings. The number of ether oxygens (including phenoxy) is 1. The molecule has 1 atom stereocenters. The van der Waals surface area contributed by atoms with Crippen LogP contribution < -0.4 is 15.8 Å². The number of H-pyrrole nitrogens is 2. The molecule has 1 saturated heterocycles. The largest absolute Gasteiger partial charge is 0.378 e. The van der Waals surface area contributed by atoms with E-state index >= 15 is 0 Å². The number of morpholine rings is 1. The zero-order valence-electron chi connectivity index (χ0n) is 21.8. The Morgan fingerprint density at radius 3 is 2.61 bits per heavy atom. The van der Waals surface area contributed by atoms with Crippen molar-refractivity contribution in [2.45, 2.75) is 32.7 Å². The van der Waals surface area contributed by atoms with E-state index in [2.05, 4.69) is 51.1 Å². The lowest BCUT2D eigenvalue weighted by Crippen LogP contribution is -2.36. The van der Waals surface area contributed by atoms with Crippen molar-refractivity contribution in [2.24, 2.45) is 0 Å². The number of nitrogens with zero attached hydrogens (tertiary/aromatic N) is 4. The van der Waals surface area contributed by atoms with Crippen LogP contribution in [0.1, 0.15) is 44.2 Å². The molecule has 0 aliphatic carbocycles. The Balaban J connectivity index is 1.45. The molecule has 6 rings (SSSR count). The maximum atomic E-state index is 13.5. The molecule has 5 aromatic rings. The summed E-state index contributed by atoms with van der Waals surface area (Å²) in [5, 5.41) is 4.45. The summed E-state index contributed by atoms with van der Waals surface area (Å²) in [5.41, 5.74) is 5.45. The van der Waals surface area contributed by atoms with E-state index in [0.717, 1.165) is 59.6 Å². The molecule has 0 unspecified atom stereocenters. The molecule has 0 radical (unpaired) electrons. The van der Waals surface area contributed by atoms with E-state index in [1.807, 2.05) is 43.3 Å². The van der Waals surface area contributed by atoms with Crippen molar-refractivity contribution in [3.8, 4) is 11.4 Å². The van der Waals surface area contributed by atoms with Gasteiger partial charge in [-0.1, -0.05) is 32.0 Å². The van der Waals surface area contributed by atoms with Gasteiger partial charge in [0.25, 0.3) is 5.56 Å². The van der Waals surface area contributed by atoms with Crippen LogP contribution in [0, 0.1) is 0 Å². The van der Waals surface area contributed by atoms with Crippen LogP contribution in [0.15, 0.2) is 59.5 Å². The predicted molar refractivity (Wildman–Crippen MR) is 151 cm³/mol. The van der Waals surface area contributed by atoms with Crippen molar-refractivity contribution in [1.82, 2.24) is 24.9 Å². The minimum atomic E-state index is -0.241. The average molecular weight is 510 g/mol. The second kappa shape index (κ2) is 9.90. The third-order valence-electron chi connectivity index (χ3n) is 7.04. The quantitative estimate of drug-likeness (QED) is 0.295. The molecular formula is C29H31N7O2. The van der Waals surface area contributed by atoms with E-state index in [0.29, 0.717) is 22.9 Å². The molecule has 4 heterocycles. The van der Waals surface area contributed by atoms with Crippen molar-refractivity contribution in [3.05, 3.63) is 76.6 Å². The SMILES string of the molecule is CC(C)c1ccnc([C@H](C)Nc2c(-c3nc4ccc(N5CCOCC5)cc4[nH]3)c(=O)[nH]c3ccccc23)n1. The van der Waals surface area contributed by atoms with Gasteiger partial charge in [0.1, 0.15) is 17.2 Å². The average Bonchev–Trinajstić information content (AvgIpc) is 3.36. The van der Waals surface area contributed by atoms with E-state index in [9.17, 15) is 4.79 Å². The Labute approximate surface area is 220 Å². The maximum absolute atomic E-state index is 13.5. The maximum Gasteiger partial charge on any atom is 0.261 e. The van der Waals surface area contributed by atoms with Crippen LogP contribution in [0.3, 0.4) is 0 Å². The van der Waals surface area contributed by atoms with Crippen molar-refractivity contribution in [3.63, 3.8) is 0 Å². The summed E-state index contributed by atoms with van der Waals surface area (Å²) >= 11 is 0. The highest BCUT2D eigenvalue weighted by Crippen LogP contribution is 2.33. The Hall–Kier alpha value is -4.24. The number of nitrogens with one attached hydrogen (secondary N) is 3. The molecule has 9 heteroatoms. The topological polar surface area (TPSA) is 112 Å². The molecule has 0 bridgehead atoms. The van der Waals surface area contributed by atoms with Crippen molar-refractivity contribution >= 4 is 33.3 Å². The number of benzene rings is 2. The van der Waals surface area contributed by atoms with Gasteiger partial charge in [-0.2, -0.15) is 0 Å². The standard InChI is InChI=1S/C29H31N7O2/c1-17(2)21-10-11-30-27(32-21)18(3)31-26-20-6-4-5-7-22(20)35-29(37)25(26)28-33-23-9-8-19(16-24(23)34-28)36-12-14-38-15-13-36/h4-11,16-18H,12-15H2,1-3H3,(H,33,34)(H2,31,35,37)/t18-/m0/s1. The van der Waals surface area contributed by atoms with Gasteiger partial charge in [0.05, 0.1) is 41.5 Å². The number of pyridine rings is 1. The smallest absolute Gasteiger partial charge is 0.261 e. The van der Waals surface area contributed by atoms with Crippen LogP contribution in [0.5, 0.6) is 0 Å². The Kier molecular flexibility index (Phi) is 6.29. The van der Waals surface area contributed by atoms with Crippen molar-refractivity contribution in [2.75, 3.05) is 36.5 Å². The summed E-state index contributed by atoms with van der Waals surface area (Å²) in [5.74, 6) is 1.47. The lowest BCUT2D eigenvalue weighted by Gasteiger charge is -2.28. The van der Waals surface area contributed by atoms with Gasteiger partial charge in [-0.05, 0) is 43.2 Å². The molecule has 0 amide bonds. The summed E-state index contributed by atoms with van der Waals surface area (Å²) in [4.78, 5) is 36.3. The molecule has 1 aliphatic heterocycles. The second-order valence-corrected chi connectivity index (χ2v) is 10.00.